The van der Waals surface area contributed by atoms with E-state index in [2.05, 4.69) is 38.5 Å². The molecular weight excluding hydrogens is 306 g/mol. The molecule has 1 aliphatic heterocycles. The van der Waals surface area contributed by atoms with Crippen molar-refractivity contribution in [2.24, 2.45) is 0 Å². The van der Waals surface area contributed by atoms with E-state index in [1.165, 1.54) is 29.8 Å². The minimum atomic E-state index is 0.364. The van der Waals surface area contributed by atoms with Gasteiger partial charge in [-0.15, -0.1) is 16.4 Å². The molecule has 118 valence electrons. The van der Waals surface area contributed by atoms with Crippen LogP contribution in [0.5, 0.6) is 0 Å². The average molecular weight is 325 g/mol. The summed E-state index contributed by atoms with van der Waals surface area (Å²) >= 11 is 1.73. The third-order valence-corrected chi connectivity index (χ3v) is 5.78. The number of thiazole rings is 1. The van der Waals surface area contributed by atoms with E-state index in [9.17, 15) is 0 Å². The van der Waals surface area contributed by atoms with Crippen LogP contribution in [-0.2, 0) is 6.54 Å². The molecule has 5 rings (SSSR count). The minimum Gasteiger partial charge on any atom is -0.288 e. The predicted octanol–water partition coefficient (Wildman–Crippen LogP) is 3.40. The second kappa shape index (κ2) is 5.39. The third-order valence-electron chi connectivity index (χ3n) is 5.01. The van der Waals surface area contributed by atoms with Gasteiger partial charge in [0, 0.05) is 17.8 Å². The zero-order valence-corrected chi connectivity index (χ0v) is 13.7. The van der Waals surface area contributed by atoms with Crippen LogP contribution in [0.2, 0.25) is 0 Å². The summed E-state index contributed by atoms with van der Waals surface area (Å²) in [4.78, 5) is 6.93. The summed E-state index contributed by atoms with van der Waals surface area (Å²) in [7, 11) is 0. The zero-order valence-electron chi connectivity index (χ0n) is 12.9. The second-order valence-electron chi connectivity index (χ2n) is 6.60. The lowest BCUT2D eigenvalue weighted by Gasteiger charge is -2.21. The highest BCUT2D eigenvalue weighted by Gasteiger charge is 2.31. The average Bonchev–Trinajstić information content (AvgIpc) is 2.98. The van der Waals surface area contributed by atoms with Crippen LogP contribution in [0.4, 0.5) is 0 Å². The van der Waals surface area contributed by atoms with Crippen LogP contribution >= 0.6 is 11.3 Å². The van der Waals surface area contributed by atoms with Gasteiger partial charge in [0.25, 0.3) is 0 Å². The smallest absolute Gasteiger partial charge is 0.108 e. The van der Waals surface area contributed by atoms with Gasteiger partial charge >= 0.3 is 0 Å². The fraction of sp³-hybridized carbons (Fsp3) is 0.471. The Morgan fingerprint density at radius 2 is 2.17 bits per heavy atom. The monoisotopic (exact) mass is 325 g/mol. The number of nitrogens with zero attached hydrogens (tertiary/aromatic N) is 5. The van der Waals surface area contributed by atoms with Crippen molar-refractivity contribution in [3.63, 3.8) is 0 Å². The number of fused-ring (bicyclic) bond motifs is 1. The van der Waals surface area contributed by atoms with Crippen molar-refractivity contribution < 1.29 is 0 Å². The third kappa shape index (κ3) is 2.46. The van der Waals surface area contributed by atoms with Gasteiger partial charge in [0.2, 0.25) is 0 Å². The van der Waals surface area contributed by atoms with Crippen LogP contribution in [0, 0.1) is 0 Å². The van der Waals surface area contributed by atoms with Crippen molar-refractivity contribution in [1.82, 2.24) is 24.7 Å². The molecule has 1 saturated carbocycles. The lowest BCUT2D eigenvalue weighted by Crippen LogP contribution is -2.23. The molecule has 1 unspecified atom stereocenters. The van der Waals surface area contributed by atoms with Crippen LogP contribution in [0.3, 0.4) is 0 Å². The number of hydrogen-bond acceptors (Lipinski definition) is 5. The van der Waals surface area contributed by atoms with Gasteiger partial charge in [-0.05, 0) is 49.8 Å². The summed E-state index contributed by atoms with van der Waals surface area (Å²) in [5, 5.41) is 12.2. The molecule has 1 aliphatic carbocycles. The SMILES string of the molecule is c1csc(CN2CCCC2c2nnn3cc(C4CC4)ccc23)n1. The first-order chi connectivity index (χ1) is 11.4. The van der Waals surface area contributed by atoms with E-state index in [0.717, 1.165) is 36.6 Å². The maximum absolute atomic E-state index is 4.53. The minimum absolute atomic E-state index is 0.364. The molecular formula is C17H19N5S. The van der Waals surface area contributed by atoms with Gasteiger partial charge in [-0.2, -0.15) is 0 Å². The summed E-state index contributed by atoms with van der Waals surface area (Å²) in [5.41, 5.74) is 3.69. The standard InChI is InChI=1S/C17H19N5S/c1-2-14(21(8-1)11-16-18-7-9-23-16)17-15-6-5-13(12-3-4-12)10-22(15)20-19-17/h5-7,9-10,12,14H,1-4,8,11H2. The van der Waals surface area contributed by atoms with Crippen LogP contribution in [0.15, 0.2) is 29.9 Å². The molecule has 3 aromatic heterocycles. The Labute approximate surface area is 139 Å². The zero-order chi connectivity index (χ0) is 15.2. The van der Waals surface area contributed by atoms with E-state index in [4.69, 9.17) is 0 Å². The second-order valence-corrected chi connectivity index (χ2v) is 7.57. The fourth-order valence-electron chi connectivity index (χ4n) is 3.65. The van der Waals surface area contributed by atoms with Gasteiger partial charge < -0.3 is 0 Å². The van der Waals surface area contributed by atoms with Gasteiger partial charge in [0.1, 0.15) is 10.7 Å². The summed E-state index contributed by atoms with van der Waals surface area (Å²) in [6.07, 6.45) is 9.07. The summed E-state index contributed by atoms with van der Waals surface area (Å²) in [6.45, 7) is 2.03. The molecule has 0 radical (unpaired) electrons. The van der Waals surface area contributed by atoms with E-state index in [-0.39, 0.29) is 0 Å². The molecule has 4 heterocycles. The molecule has 0 N–H and O–H groups in total. The fourth-order valence-corrected chi connectivity index (χ4v) is 4.30. The Bertz CT molecular complexity index is 821. The van der Waals surface area contributed by atoms with Crippen molar-refractivity contribution in [2.75, 3.05) is 6.54 Å². The van der Waals surface area contributed by atoms with E-state index in [1.54, 1.807) is 11.3 Å². The van der Waals surface area contributed by atoms with Crippen LogP contribution < -0.4 is 0 Å². The van der Waals surface area contributed by atoms with Crippen LogP contribution in [0.25, 0.3) is 5.52 Å². The number of likely N-dealkylation sites (tertiary alicyclic amines) is 1. The number of aromatic nitrogens is 4. The molecule has 0 amide bonds. The Morgan fingerprint density at radius 3 is 3.00 bits per heavy atom. The number of pyridine rings is 1. The lowest BCUT2D eigenvalue weighted by atomic mass is 10.1. The van der Waals surface area contributed by atoms with E-state index in [0.29, 0.717) is 6.04 Å². The molecule has 0 aromatic carbocycles. The first-order valence-corrected chi connectivity index (χ1v) is 9.24. The quantitative estimate of drug-likeness (QED) is 0.737. The number of rotatable bonds is 4. The highest BCUT2D eigenvalue weighted by atomic mass is 32.1. The molecule has 6 heteroatoms. The molecule has 23 heavy (non-hydrogen) atoms. The largest absolute Gasteiger partial charge is 0.288 e. The maximum atomic E-state index is 4.53. The highest BCUT2D eigenvalue weighted by Crippen LogP contribution is 2.40. The van der Waals surface area contributed by atoms with Crippen molar-refractivity contribution in [3.8, 4) is 0 Å². The van der Waals surface area contributed by atoms with E-state index < -0.39 is 0 Å². The topological polar surface area (TPSA) is 46.3 Å². The van der Waals surface area contributed by atoms with Gasteiger partial charge in [-0.25, -0.2) is 9.50 Å². The van der Waals surface area contributed by atoms with Gasteiger partial charge in [0.15, 0.2) is 0 Å². The normalized spacial score (nSPS) is 22.2. The summed E-state index contributed by atoms with van der Waals surface area (Å²) in [5.74, 6) is 0.750. The first-order valence-electron chi connectivity index (χ1n) is 8.36. The number of hydrogen-bond donors (Lipinski definition) is 0. The van der Waals surface area contributed by atoms with E-state index in [1.807, 2.05) is 16.1 Å². The molecule has 2 fully saturated rings. The van der Waals surface area contributed by atoms with Gasteiger partial charge in [0.05, 0.1) is 18.1 Å². The van der Waals surface area contributed by atoms with Crippen molar-refractivity contribution >= 4 is 16.9 Å². The van der Waals surface area contributed by atoms with E-state index >= 15 is 0 Å². The highest BCUT2D eigenvalue weighted by molar-refractivity contribution is 7.09. The van der Waals surface area contributed by atoms with Crippen molar-refractivity contribution in [2.45, 2.75) is 44.2 Å². The first kappa shape index (κ1) is 13.6. The van der Waals surface area contributed by atoms with Crippen LogP contribution in [-0.4, -0.2) is 31.3 Å². The van der Waals surface area contributed by atoms with Crippen molar-refractivity contribution in [3.05, 3.63) is 46.2 Å². The Kier molecular flexibility index (Phi) is 3.19. The molecule has 1 atom stereocenters. The Balaban J connectivity index is 1.46. The Hall–Kier alpha value is -1.79. The van der Waals surface area contributed by atoms with Gasteiger partial charge in [-0.3, -0.25) is 4.90 Å². The Morgan fingerprint density at radius 1 is 1.22 bits per heavy atom. The summed E-state index contributed by atoms with van der Waals surface area (Å²) < 4.78 is 1.98. The molecule has 0 bridgehead atoms. The summed E-state index contributed by atoms with van der Waals surface area (Å²) in [6, 6.07) is 4.84. The van der Waals surface area contributed by atoms with Gasteiger partial charge in [-0.1, -0.05) is 11.3 Å². The van der Waals surface area contributed by atoms with Crippen molar-refractivity contribution in [1.29, 1.82) is 0 Å². The predicted molar refractivity (Wildman–Crippen MR) is 89.5 cm³/mol. The lowest BCUT2D eigenvalue weighted by molar-refractivity contribution is 0.245. The molecule has 3 aromatic rings. The molecule has 2 aliphatic rings. The molecule has 1 saturated heterocycles. The molecule has 0 spiro atoms. The molecule has 5 nitrogen and oxygen atoms in total. The van der Waals surface area contributed by atoms with Crippen LogP contribution in [0.1, 0.15) is 53.9 Å². The maximum Gasteiger partial charge on any atom is 0.108 e.